The Bertz CT molecular complexity index is 334. The van der Waals surface area contributed by atoms with Crippen LogP contribution in [0.2, 0.25) is 0 Å². The average Bonchev–Trinajstić information content (AvgIpc) is 2.43. The highest BCUT2D eigenvalue weighted by Gasteiger charge is 2.33. The van der Waals surface area contributed by atoms with E-state index >= 15 is 0 Å². The van der Waals surface area contributed by atoms with Crippen LogP contribution in [0.15, 0.2) is 12.2 Å². The van der Waals surface area contributed by atoms with E-state index in [4.69, 9.17) is 0 Å². The second-order valence-electron chi connectivity index (χ2n) is 7.19. The zero-order chi connectivity index (χ0) is 16.7. The number of hydrogen-bond donors (Lipinski definition) is 0. The van der Waals surface area contributed by atoms with E-state index in [0.717, 1.165) is 19.3 Å². The summed E-state index contributed by atoms with van der Waals surface area (Å²) in [5, 5.41) is 0. The monoisotopic (exact) mass is 295 g/mol. The van der Waals surface area contributed by atoms with Gasteiger partial charge in [0.05, 0.1) is 0 Å². The SMILES string of the molecule is C=C(C)CC(CC)C(C(C)CC)N(C)C(=O)[C@@H](C)C(C)C. The molecular weight excluding hydrogens is 258 g/mol. The van der Waals surface area contributed by atoms with Gasteiger partial charge in [-0.25, -0.2) is 0 Å². The molecule has 2 nitrogen and oxygen atoms in total. The van der Waals surface area contributed by atoms with Crippen molar-refractivity contribution in [3.05, 3.63) is 12.2 Å². The van der Waals surface area contributed by atoms with Crippen LogP contribution < -0.4 is 0 Å². The number of amides is 1. The van der Waals surface area contributed by atoms with Crippen molar-refractivity contribution in [2.45, 2.75) is 73.8 Å². The van der Waals surface area contributed by atoms with Crippen LogP contribution >= 0.6 is 0 Å². The van der Waals surface area contributed by atoms with Gasteiger partial charge >= 0.3 is 0 Å². The van der Waals surface area contributed by atoms with Crippen molar-refractivity contribution >= 4 is 5.91 Å². The largest absolute Gasteiger partial charge is 0.342 e. The maximum absolute atomic E-state index is 12.8. The van der Waals surface area contributed by atoms with Crippen molar-refractivity contribution in [1.29, 1.82) is 0 Å². The first-order valence-corrected chi connectivity index (χ1v) is 8.58. The number of hydrogen-bond acceptors (Lipinski definition) is 1. The van der Waals surface area contributed by atoms with Gasteiger partial charge in [0.15, 0.2) is 0 Å². The Morgan fingerprint density at radius 2 is 1.62 bits per heavy atom. The molecular formula is C19H37NO. The van der Waals surface area contributed by atoms with Crippen molar-refractivity contribution in [3.63, 3.8) is 0 Å². The molecule has 0 spiro atoms. The standard InChI is InChI=1S/C19H37NO/c1-10-15(7)18(17(11-2)12-13(3)4)20(9)19(21)16(8)14(5)6/h14-18H,3,10-12H2,1-2,4-9H3/t15?,16-,17?,18?/m0/s1. The van der Waals surface area contributed by atoms with Gasteiger partial charge in [-0.3, -0.25) is 4.79 Å². The van der Waals surface area contributed by atoms with Crippen LogP contribution in [-0.2, 0) is 4.79 Å². The van der Waals surface area contributed by atoms with Crippen LogP contribution in [0.3, 0.4) is 0 Å². The zero-order valence-corrected chi connectivity index (χ0v) is 15.6. The van der Waals surface area contributed by atoms with Crippen LogP contribution in [-0.4, -0.2) is 23.9 Å². The molecule has 124 valence electrons. The van der Waals surface area contributed by atoms with Crippen molar-refractivity contribution in [2.24, 2.45) is 23.7 Å². The summed E-state index contributed by atoms with van der Waals surface area (Å²) >= 11 is 0. The lowest BCUT2D eigenvalue weighted by Gasteiger charge is -2.40. The van der Waals surface area contributed by atoms with E-state index in [2.05, 4.69) is 55.0 Å². The van der Waals surface area contributed by atoms with E-state index in [-0.39, 0.29) is 11.8 Å². The molecule has 0 aliphatic heterocycles. The molecule has 0 N–H and O–H groups in total. The lowest BCUT2D eigenvalue weighted by molar-refractivity contribution is -0.139. The Labute approximate surface area is 133 Å². The van der Waals surface area contributed by atoms with Gasteiger partial charge in [0, 0.05) is 19.0 Å². The Morgan fingerprint density at radius 3 is 1.95 bits per heavy atom. The molecule has 3 unspecified atom stereocenters. The summed E-state index contributed by atoms with van der Waals surface area (Å²) in [6.45, 7) is 19.2. The first kappa shape index (κ1) is 20.2. The first-order chi connectivity index (χ1) is 9.67. The molecule has 1 amide bonds. The van der Waals surface area contributed by atoms with Crippen molar-refractivity contribution in [1.82, 2.24) is 4.90 Å². The van der Waals surface area contributed by atoms with E-state index in [1.165, 1.54) is 5.57 Å². The third-order valence-corrected chi connectivity index (χ3v) is 5.03. The molecule has 0 saturated carbocycles. The Kier molecular flexibility index (Phi) is 8.92. The van der Waals surface area contributed by atoms with E-state index in [9.17, 15) is 4.79 Å². The molecule has 21 heavy (non-hydrogen) atoms. The van der Waals surface area contributed by atoms with E-state index < -0.39 is 0 Å². The topological polar surface area (TPSA) is 20.3 Å². The van der Waals surface area contributed by atoms with Gasteiger partial charge in [0.1, 0.15) is 0 Å². The predicted octanol–water partition coefficient (Wildman–Crippen LogP) is 5.14. The van der Waals surface area contributed by atoms with Crippen LogP contribution in [0, 0.1) is 23.7 Å². The fraction of sp³-hybridized carbons (Fsp3) is 0.842. The van der Waals surface area contributed by atoms with E-state index in [0.29, 0.717) is 23.8 Å². The van der Waals surface area contributed by atoms with E-state index in [1.807, 2.05) is 11.9 Å². The second kappa shape index (κ2) is 9.27. The summed E-state index contributed by atoms with van der Waals surface area (Å²) in [6, 6.07) is 0.311. The maximum Gasteiger partial charge on any atom is 0.225 e. The summed E-state index contributed by atoms with van der Waals surface area (Å²) in [6.07, 6.45) is 3.21. The van der Waals surface area contributed by atoms with Crippen LogP contribution in [0.25, 0.3) is 0 Å². The first-order valence-electron chi connectivity index (χ1n) is 8.58. The van der Waals surface area contributed by atoms with Crippen LogP contribution in [0.5, 0.6) is 0 Å². The highest BCUT2D eigenvalue weighted by atomic mass is 16.2. The lowest BCUT2D eigenvalue weighted by atomic mass is 9.81. The molecule has 0 aromatic heterocycles. The minimum Gasteiger partial charge on any atom is -0.342 e. The molecule has 0 fully saturated rings. The number of allylic oxidation sites excluding steroid dienone is 1. The minimum atomic E-state index is 0.0869. The molecule has 0 aromatic carbocycles. The fourth-order valence-electron chi connectivity index (χ4n) is 3.11. The molecule has 0 bridgehead atoms. The van der Waals surface area contributed by atoms with Gasteiger partial charge in [-0.15, -0.1) is 6.58 Å². The molecule has 0 aliphatic carbocycles. The Hall–Kier alpha value is -0.790. The molecule has 2 heteroatoms. The third kappa shape index (κ3) is 5.84. The predicted molar refractivity (Wildman–Crippen MR) is 93.2 cm³/mol. The highest BCUT2D eigenvalue weighted by Crippen LogP contribution is 2.30. The zero-order valence-electron chi connectivity index (χ0n) is 15.6. The molecule has 0 heterocycles. The quantitative estimate of drug-likeness (QED) is 0.539. The van der Waals surface area contributed by atoms with Crippen LogP contribution in [0.4, 0.5) is 0 Å². The van der Waals surface area contributed by atoms with Gasteiger partial charge in [-0.1, -0.05) is 60.0 Å². The molecule has 0 aromatic rings. The van der Waals surface area contributed by atoms with Gasteiger partial charge in [-0.05, 0) is 31.1 Å². The van der Waals surface area contributed by atoms with E-state index in [1.54, 1.807) is 0 Å². The molecule has 0 aliphatic rings. The van der Waals surface area contributed by atoms with Gasteiger partial charge < -0.3 is 4.90 Å². The molecule has 0 saturated heterocycles. The summed E-state index contributed by atoms with van der Waals surface area (Å²) in [5.74, 6) is 1.78. The summed E-state index contributed by atoms with van der Waals surface area (Å²) in [7, 11) is 2.00. The molecule has 4 atom stereocenters. The van der Waals surface area contributed by atoms with Gasteiger partial charge in [0.25, 0.3) is 0 Å². The normalized spacial score (nSPS) is 17.2. The minimum absolute atomic E-state index is 0.0869. The number of carbonyl (C=O) groups is 1. The highest BCUT2D eigenvalue weighted by molar-refractivity contribution is 5.78. The summed E-state index contributed by atoms with van der Waals surface area (Å²) < 4.78 is 0. The lowest BCUT2D eigenvalue weighted by Crippen LogP contribution is -2.48. The summed E-state index contributed by atoms with van der Waals surface area (Å²) in [5.41, 5.74) is 1.22. The van der Waals surface area contributed by atoms with Gasteiger partial charge in [0.2, 0.25) is 5.91 Å². The average molecular weight is 296 g/mol. The third-order valence-electron chi connectivity index (χ3n) is 5.03. The van der Waals surface area contributed by atoms with Gasteiger partial charge in [-0.2, -0.15) is 0 Å². The number of rotatable bonds is 9. The Balaban J connectivity index is 5.30. The molecule has 0 radical (unpaired) electrons. The molecule has 0 rings (SSSR count). The smallest absolute Gasteiger partial charge is 0.225 e. The van der Waals surface area contributed by atoms with Crippen LogP contribution in [0.1, 0.15) is 67.7 Å². The van der Waals surface area contributed by atoms with Crippen molar-refractivity contribution in [3.8, 4) is 0 Å². The number of carbonyl (C=O) groups excluding carboxylic acids is 1. The second-order valence-corrected chi connectivity index (χ2v) is 7.19. The Morgan fingerprint density at radius 1 is 1.10 bits per heavy atom. The fourth-order valence-corrected chi connectivity index (χ4v) is 3.11. The number of nitrogens with zero attached hydrogens (tertiary/aromatic N) is 1. The van der Waals surface area contributed by atoms with Crippen molar-refractivity contribution in [2.75, 3.05) is 7.05 Å². The van der Waals surface area contributed by atoms with Crippen molar-refractivity contribution < 1.29 is 4.79 Å². The summed E-state index contributed by atoms with van der Waals surface area (Å²) in [4.78, 5) is 14.8. The maximum atomic E-state index is 12.8.